The van der Waals surface area contributed by atoms with E-state index in [1.165, 1.54) is 12.1 Å². The monoisotopic (exact) mass is 1060 g/mol. The Morgan fingerprint density at radius 2 is 1.50 bits per heavy atom. The number of nitrogens with zero attached hydrogens (tertiary/aromatic N) is 2. The lowest BCUT2D eigenvalue weighted by Crippen LogP contribution is -2.55. The van der Waals surface area contributed by atoms with E-state index in [9.17, 15) is 29.1 Å². The van der Waals surface area contributed by atoms with Crippen molar-refractivity contribution in [3.8, 4) is 22.5 Å². The number of ether oxygens (including phenoxy) is 4. The molecule has 20 heteroatoms. The fourth-order valence-corrected chi connectivity index (χ4v) is 11.4. The van der Waals surface area contributed by atoms with Crippen LogP contribution < -0.4 is 46.5 Å². The molecule has 0 unspecified atom stereocenters. The van der Waals surface area contributed by atoms with Gasteiger partial charge in [-0.1, -0.05) is 25.3 Å². The third kappa shape index (κ3) is 14.9. The summed E-state index contributed by atoms with van der Waals surface area (Å²) < 4.78 is 31.3. The molecule has 4 fully saturated rings. The number of carbonyl (C=O) groups is 5. The van der Waals surface area contributed by atoms with E-state index in [4.69, 9.17) is 35.0 Å². The molecule has 6 aliphatic rings. The Hall–Kier alpha value is -5.44. The lowest BCUT2D eigenvalue weighted by atomic mass is 9.89. The molecule has 2 aromatic carbocycles. The molecule has 0 radical (unpaired) electrons. The molecule has 18 nitrogen and oxygen atoms in total. The van der Waals surface area contributed by atoms with Crippen molar-refractivity contribution in [1.29, 1.82) is 0 Å². The number of carboxylic acid groups (broad SMARTS) is 1. The number of anilines is 1. The number of hydrogen-bond acceptors (Lipinski definition) is 13. The molecule has 0 aromatic heterocycles. The number of alkyl halides is 1. The van der Waals surface area contributed by atoms with Crippen molar-refractivity contribution in [1.82, 2.24) is 31.2 Å². The highest BCUT2D eigenvalue weighted by molar-refractivity contribution is 8.00. The maximum absolute atomic E-state index is 13.5. The van der Waals surface area contributed by atoms with Crippen LogP contribution in [0.25, 0.3) is 33.4 Å². The van der Waals surface area contributed by atoms with Gasteiger partial charge in [0.05, 0.1) is 70.4 Å². The van der Waals surface area contributed by atoms with Crippen molar-refractivity contribution < 1.29 is 52.4 Å². The Kier molecular flexibility index (Phi) is 20.7. The molecule has 3 atom stereocenters. The lowest BCUT2D eigenvalue weighted by Gasteiger charge is -2.33. The molecule has 5 aliphatic heterocycles. The van der Waals surface area contributed by atoms with E-state index in [0.717, 1.165) is 81.3 Å². The quantitative estimate of drug-likeness (QED) is 0.0160. The molecule has 0 saturated carbocycles. The van der Waals surface area contributed by atoms with E-state index < -0.39 is 5.97 Å². The van der Waals surface area contributed by atoms with Gasteiger partial charge in [-0.25, -0.2) is 9.37 Å². The standard InChI is InChI=1S/C54H70ClN7O11S/c55-16-5-1-2-6-22-69-26-27-71-24-18-57-51(64)36-10-13-40(53(66)67)43(30-36)49-41-14-11-38(61-20-7-21-61)31-45(41)73-46-32-39(12-15-42(46)49)62-33-37(34-62)52(65)58-19-25-72-29-28-70-23-17-56-48(63)9-4-3-8-47-50-44(35-74-47)59-54(68)60-50/h10-15,30-32,37,44,47,50H,1-9,16-29,33-35H2,(H5-,56,57,58,59,60,63,64,65,66,67,68)/t44-,47-,50-/m0/s1. The maximum Gasteiger partial charge on any atom is 0.315 e. The summed E-state index contributed by atoms with van der Waals surface area (Å²) in [6.45, 7) is 7.19. The van der Waals surface area contributed by atoms with Gasteiger partial charge in [0, 0.05) is 108 Å². The number of fused-ring (bicyclic) bond motifs is 3. The van der Waals surface area contributed by atoms with Crippen molar-refractivity contribution in [2.24, 2.45) is 5.92 Å². The van der Waals surface area contributed by atoms with E-state index in [0.29, 0.717) is 130 Å². The molecule has 2 aromatic rings. The predicted molar refractivity (Wildman–Crippen MR) is 283 cm³/mol. The SMILES string of the molecule is O=C(CCCC[C@@H]1SC[C@@H]2NC(=O)N[C@@H]21)NCCOCCOCCNC(=O)C1C[N+](=c2ccc3c(-c4cc(C(=O)NCCOCCOCCCCCCCl)ccc4C(=O)[O-])c4ccc(N5CCC5)cc4oc-3c2)C1. The van der Waals surface area contributed by atoms with Gasteiger partial charge in [0.25, 0.3) is 5.91 Å². The number of nitrogens with one attached hydrogen (secondary N) is 5. The highest BCUT2D eigenvalue weighted by atomic mass is 35.5. The van der Waals surface area contributed by atoms with Crippen LogP contribution in [0.1, 0.15) is 78.5 Å². The number of carboxylic acids is 1. The number of halogens is 1. The lowest BCUT2D eigenvalue weighted by molar-refractivity contribution is -0.255. The number of amides is 5. The fourth-order valence-electron chi connectivity index (χ4n) is 9.70. The largest absolute Gasteiger partial charge is 0.545 e. The summed E-state index contributed by atoms with van der Waals surface area (Å²) in [7, 11) is 0. The summed E-state index contributed by atoms with van der Waals surface area (Å²) in [5, 5.41) is 29.4. The maximum atomic E-state index is 13.5. The molecule has 5 heterocycles. The van der Waals surface area contributed by atoms with Crippen LogP contribution in [0.4, 0.5) is 10.5 Å². The summed E-state index contributed by atoms with van der Waals surface area (Å²) in [4.78, 5) is 65.4. The molecular weight excluding hydrogens is 990 g/mol. The van der Waals surface area contributed by atoms with Crippen LogP contribution in [0.5, 0.6) is 0 Å². The molecule has 8 rings (SSSR count). The Morgan fingerprint density at radius 3 is 2.23 bits per heavy atom. The Morgan fingerprint density at radius 1 is 0.770 bits per heavy atom. The zero-order valence-corrected chi connectivity index (χ0v) is 43.6. The fraction of sp³-hybridized carbons (Fsp3) is 0.556. The normalized spacial score (nSPS) is 18.9. The summed E-state index contributed by atoms with van der Waals surface area (Å²) in [5.41, 5.74) is 3.39. The highest BCUT2D eigenvalue weighted by Gasteiger charge is 2.42. The second kappa shape index (κ2) is 27.9. The van der Waals surface area contributed by atoms with Crippen molar-refractivity contribution in [2.75, 3.05) is 115 Å². The summed E-state index contributed by atoms with van der Waals surface area (Å²) >= 11 is 7.62. The van der Waals surface area contributed by atoms with Crippen molar-refractivity contribution in [3.63, 3.8) is 0 Å². The second-order valence-corrected chi connectivity index (χ2v) is 20.8. The van der Waals surface area contributed by atoms with Gasteiger partial charge in [-0.2, -0.15) is 11.8 Å². The summed E-state index contributed by atoms with van der Waals surface area (Å²) in [6.07, 6.45) is 8.45. The topological polar surface area (TPSA) is 225 Å². The predicted octanol–water partition coefficient (Wildman–Crippen LogP) is 3.73. The third-order valence-corrected chi connectivity index (χ3v) is 15.7. The van der Waals surface area contributed by atoms with Gasteiger partial charge in [-0.05, 0) is 68.0 Å². The minimum Gasteiger partial charge on any atom is -0.545 e. The first-order valence-corrected chi connectivity index (χ1v) is 27.8. The van der Waals surface area contributed by atoms with Gasteiger partial charge in [-0.15, -0.1) is 11.6 Å². The average Bonchev–Trinajstić information content (AvgIpc) is 3.92. The van der Waals surface area contributed by atoms with Crippen LogP contribution in [0, 0.1) is 5.92 Å². The van der Waals surface area contributed by atoms with Crippen molar-refractivity contribution >= 4 is 69.7 Å². The zero-order valence-electron chi connectivity index (χ0n) is 42.1. The molecule has 74 heavy (non-hydrogen) atoms. The number of hydrogen-bond donors (Lipinski definition) is 5. The average molecular weight is 1060 g/mol. The first-order valence-electron chi connectivity index (χ1n) is 26.2. The number of aromatic carboxylic acids is 1. The number of carbonyl (C=O) groups excluding carboxylic acids is 5. The first kappa shape index (κ1) is 54.8. The molecule has 5 N–H and O–H groups in total. The Bertz CT molecular complexity index is 2600. The van der Waals surface area contributed by atoms with Gasteiger partial charge >= 0.3 is 6.03 Å². The third-order valence-electron chi connectivity index (χ3n) is 13.9. The van der Waals surface area contributed by atoms with Crippen LogP contribution in [0.2, 0.25) is 0 Å². The van der Waals surface area contributed by atoms with Gasteiger partial charge in [0.15, 0.2) is 19.0 Å². The minimum absolute atomic E-state index is 0.00377. The second-order valence-electron chi connectivity index (χ2n) is 19.1. The van der Waals surface area contributed by atoms with Crippen molar-refractivity contribution in [3.05, 3.63) is 71.1 Å². The van der Waals surface area contributed by atoms with E-state index >= 15 is 0 Å². The van der Waals surface area contributed by atoms with Gasteiger partial charge in [0.1, 0.15) is 11.3 Å². The smallest absolute Gasteiger partial charge is 0.315 e. The molecule has 400 valence electrons. The molecule has 5 amide bonds. The van der Waals surface area contributed by atoms with Crippen LogP contribution in [0.3, 0.4) is 0 Å². The zero-order chi connectivity index (χ0) is 51.7. The number of rotatable bonds is 31. The summed E-state index contributed by atoms with van der Waals surface area (Å²) in [5.74, 6) is 0.128. The van der Waals surface area contributed by atoms with Crippen LogP contribution in [0.15, 0.2) is 59.0 Å². The first-order chi connectivity index (χ1) is 36.2. The minimum atomic E-state index is -1.37. The number of urea groups is 1. The van der Waals surface area contributed by atoms with Gasteiger partial charge < -0.3 is 64.7 Å². The molecule has 0 spiro atoms. The summed E-state index contributed by atoms with van der Waals surface area (Å²) in [6, 6.07) is 16.5. The van der Waals surface area contributed by atoms with Crippen molar-refractivity contribution in [2.45, 2.75) is 75.1 Å². The molecule has 0 bridgehead atoms. The van der Waals surface area contributed by atoms with E-state index in [2.05, 4.69) is 36.1 Å². The number of unbranched alkanes of at least 4 members (excludes halogenated alkanes) is 4. The van der Waals surface area contributed by atoms with Gasteiger partial charge in [0.2, 0.25) is 17.2 Å². The van der Waals surface area contributed by atoms with E-state index in [1.54, 1.807) is 6.07 Å². The molecule has 1 aliphatic carbocycles. The van der Waals surface area contributed by atoms with Gasteiger partial charge in [-0.3, -0.25) is 14.4 Å². The van der Waals surface area contributed by atoms with E-state index in [-0.39, 0.29) is 59.4 Å². The Labute approximate surface area is 441 Å². The van der Waals surface area contributed by atoms with Crippen LogP contribution in [-0.2, 0) is 28.5 Å². The molecular formula is C54H70ClN7O11S. The number of benzene rings is 3. The Balaban J connectivity index is 0.794. The molecule has 4 saturated heterocycles. The van der Waals surface area contributed by atoms with E-state index in [1.807, 2.05) is 48.2 Å². The van der Waals surface area contributed by atoms with Crippen LogP contribution in [-0.4, -0.2) is 157 Å². The number of thioether (sulfide) groups is 1. The van der Waals surface area contributed by atoms with Crippen LogP contribution >= 0.6 is 23.4 Å². The highest BCUT2D eigenvalue weighted by Crippen LogP contribution is 2.43.